The van der Waals surface area contributed by atoms with Crippen LogP contribution in [0.5, 0.6) is 0 Å². The van der Waals surface area contributed by atoms with Gasteiger partial charge in [0.25, 0.3) is 0 Å². The average Bonchev–Trinajstić information content (AvgIpc) is 2.13. The maximum absolute atomic E-state index is 11.6. The highest BCUT2D eigenvalue weighted by atomic mass is 32.2. The molecule has 5 nitrogen and oxygen atoms in total. The summed E-state index contributed by atoms with van der Waals surface area (Å²) in [6.07, 6.45) is 0. The van der Waals surface area contributed by atoms with Gasteiger partial charge in [0.15, 0.2) is 0 Å². The van der Waals surface area contributed by atoms with Crippen LogP contribution in [0.25, 0.3) is 0 Å². The fraction of sp³-hybridized carbons (Fsp3) is 0.333. The molecule has 0 fully saturated rings. The number of aliphatic hydroxyl groups is 1. The van der Waals surface area contributed by atoms with E-state index in [1.54, 1.807) is 13.0 Å². The average molecular weight is 230 g/mol. The minimum Gasteiger partial charge on any atom is -0.399 e. The van der Waals surface area contributed by atoms with Crippen LogP contribution in [0.2, 0.25) is 0 Å². The van der Waals surface area contributed by atoms with Crippen LogP contribution in [-0.2, 0) is 10.0 Å². The zero-order valence-electron chi connectivity index (χ0n) is 8.40. The van der Waals surface area contributed by atoms with Crippen LogP contribution < -0.4 is 10.5 Å². The Morgan fingerprint density at radius 2 is 2.07 bits per heavy atom. The molecular formula is C9H14N2O3S. The second-order valence-electron chi connectivity index (χ2n) is 3.20. The molecule has 15 heavy (non-hydrogen) atoms. The summed E-state index contributed by atoms with van der Waals surface area (Å²) >= 11 is 0. The van der Waals surface area contributed by atoms with Crippen molar-refractivity contribution >= 4 is 15.7 Å². The zero-order valence-corrected chi connectivity index (χ0v) is 9.21. The quantitative estimate of drug-likeness (QED) is 0.627. The fourth-order valence-corrected chi connectivity index (χ4v) is 2.35. The highest BCUT2D eigenvalue weighted by Crippen LogP contribution is 2.15. The highest BCUT2D eigenvalue weighted by molar-refractivity contribution is 7.89. The Labute approximate surface area is 89.0 Å². The van der Waals surface area contributed by atoms with Crippen molar-refractivity contribution in [2.45, 2.75) is 11.8 Å². The van der Waals surface area contributed by atoms with Crippen LogP contribution in [-0.4, -0.2) is 26.7 Å². The van der Waals surface area contributed by atoms with E-state index in [1.165, 1.54) is 12.1 Å². The van der Waals surface area contributed by atoms with Crippen molar-refractivity contribution in [3.63, 3.8) is 0 Å². The SMILES string of the molecule is Cc1cc(N)cc(S(=O)(=O)NCCO)c1. The lowest BCUT2D eigenvalue weighted by molar-refractivity contribution is 0.301. The molecule has 1 rings (SSSR count). The van der Waals surface area contributed by atoms with Crippen molar-refractivity contribution < 1.29 is 13.5 Å². The molecule has 1 aromatic rings. The van der Waals surface area contributed by atoms with Gasteiger partial charge in [-0.05, 0) is 30.7 Å². The van der Waals surface area contributed by atoms with Gasteiger partial charge in [-0.25, -0.2) is 13.1 Å². The first-order valence-electron chi connectivity index (χ1n) is 4.43. The molecule has 4 N–H and O–H groups in total. The molecule has 0 amide bonds. The van der Waals surface area contributed by atoms with Crippen LogP contribution in [0, 0.1) is 6.92 Å². The number of aryl methyl sites for hydroxylation is 1. The maximum atomic E-state index is 11.6. The summed E-state index contributed by atoms with van der Waals surface area (Å²) in [4.78, 5) is 0.119. The number of nitrogens with two attached hydrogens (primary N) is 1. The van der Waals surface area contributed by atoms with Crippen molar-refractivity contribution in [1.82, 2.24) is 4.72 Å². The number of anilines is 1. The van der Waals surface area contributed by atoms with E-state index in [9.17, 15) is 8.42 Å². The Kier molecular flexibility index (Phi) is 3.67. The van der Waals surface area contributed by atoms with Gasteiger partial charge in [-0.2, -0.15) is 0 Å². The molecule has 0 radical (unpaired) electrons. The van der Waals surface area contributed by atoms with E-state index in [4.69, 9.17) is 10.8 Å². The van der Waals surface area contributed by atoms with Gasteiger partial charge >= 0.3 is 0 Å². The zero-order chi connectivity index (χ0) is 11.5. The lowest BCUT2D eigenvalue weighted by Crippen LogP contribution is -2.26. The first-order chi connectivity index (χ1) is 6.95. The lowest BCUT2D eigenvalue weighted by Gasteiger charge is -2.07. The Balaban J connectivity index is 3.04. The summed E-state index contributed by atoms with van der Waals surface area (Å²) in [5.41, 5.74) is 6.72. The summed E-state index contributed by atoms with van der Waals surface area (Å²) in [6, 6.07) is 4.59. The minimum absolute atomic E-state index is 0.00379. The van der Waals surface area contributed by atoms with E-state index in [0.29, 0.717) is 5.69 Å². The number of hydrogen-bond donors (Lipinski definition) is 3. The van der Waals surface area contributed by atoms with E-state index in [2.05, 4.69) is 4.72 Å². The molecule has 0 saturated carbocycles. The Hall–Kier alpha value is -1.11. The van der Waals surface area contributed by atoms with Crippen LogP contribution >= 0.6 is 0 Å². The fourth-order valence-electron chi connectivity index (χ4n) is 1.20. The maximum Gasteiger partial charge on any atom is 0.240 e. The molecule has 0 aliphatic heterocycles. The van der Waals surface area contributed by atoms with Gasteiger partial charge in [0, 0.05) is 12.2 Å². The molecule has 0 aliphatic carbocycles. The molecule has 6 heteroatoms. The molecule has 0 bridgehead atoms. The number of sulfonamides is 1. The monoisotopic (exact) mass is 230 g/mol. The molecule has 0 unspecified atom stereocenters. The van der Waals surface area contributed by atoms with Gasteiger partial charge in [-0.3, -0.25) is 0 Å². The number of nitrogen functional groups attached to an aromatic ring is 1. The van der Waals surface area contributed by atoms with Gasteiger partial charge < -0.3 is 10.8 Å². The molecule has 0 saturated heterocycles. The van der Waals surface area contributed by atoms with E-state index in [0.717, 1.165) is 5.56 Å². The van der Waals surface area contributed by atoms with E-state index in [-0.39, 0.29) is 18.0 Å². The van der Waals surface area contributed by atoms with Crippen molar-refractivity contribution in [1.29, 1.82) is 0 Å². The third-order valence-corrected chi connectivity index (χ3v) is 3.23. The molecule has 1 aromatic carbocycles. The van der Waals surface area contributed by atoms with E-state index < -0.39 is 10.0 Å². The smallest absolute Gasteiger partial charge is 0.240 e. The van der Waals surface area contributed by atoms with Gasteiger partial charge in [-0.1, -0.05) is 0 Å². The summed E-state index contributed by atoms with van der Waals surface area (Å²) in [5.74, 6) is 0. The second-order valence-corrected chi connectivity index (χ2v) is 4.97. The number of aliphatic hydroxyl groups excluding tert-OH is 1. The standard InChI is InChI=1S/C9H14N2O3S/c1-7-4-8(10)6-9(5-7)15(13,14)11-2-3-12/h4-6,11-12H,2-3,10H2,1H3. The summed E-state index contributed by atoms with van der Waals surface area (Å²) < 4.78 is 25.5. The Morgan fingerprint density at radius 1 is 1.40 bits per heavy atom. The Morgan fingerprint density at radius 3 is 2.60 bits per heavy atom. The molecule has 0 aromatic heterocycles. The number of nitrogens with one attached hydrogen (secondary N) is 1. The summed E-state index contributed by atoms with van der Waals surface area (Å²) in [7, 11) is -3.56. The first kappa shape index (κ1) is 12.0. The van der Waals surface area contributed by atoms with Gasteiger partial charge in [0.1, 0.15) is 0 Å². The highest BCUT2D eigenvalue weighted by Gasteiger charge is 2.13. The lowest BCUT2D eigenvalue weighted by atomic mass is 10.2. The van der Waals surface area contributed by atoms with E-state index in [1.807, 2.05) is 0 Å². The third kappa shape index (κ3) is 3.19. The molecule has 0 aliphatic rings. The van der Waals surface area contributed by atoms with Gasteiger partial charge in [-0.15, -0.1) is 0 Å². The van der Waals surface area contributed by atoms with Crippen molar-refractivity contribution in [2.24, 2.45) is 0 Å². The number of rotatable bonds is 4. The molecule has 0 heterocycles. The molecule has 84 valence electrons. The Bertz CT molecular complexity index is 422. The van der Waals surface area contributed by atoms with Crippen molar-refractivity contribution in [2.75, 3.05) is 18.9 Å². The predicted octanol–water partition coefficient (Wildman–Crippen LogP) is -0.152. The predicted molar refractivity (Wildman–Crippen MR) is 57.9 cm³/mol. The third-order valence-electron chi connectivity index (χ3n) is 1.79. The number of benzene rings is 1. The topological polar surface area (TPSA) is 92.4 Å². The first-order valence-corrected chi connectivity index (χ1v) is 5.92. The summed E-state index contributed by atoms with van der Waals surface area (Å²) in [6.45, 7) is 1.53. The second kappa shape index (κ2) is 4.61. The van der Waals surface area contributed by atoms with Crippen molar-refractivity contribution in [3.8, 4) is 0 Å². The van der Waals surface area contributed by atoms with Gasteiger partial charge in [0.05, 0.1) is 11.5 Å². The largest absolute Gasteiger partial charge is 0.399 e. The normalized spacial score (nSPS) is 11.6. The van der Waals surface area contributed by atoms with Crippen LogP contribution in [0.3, 0.4) is 0 Å². The van der Waals surface area contributed by atoms with Crippen LogP contribution in [0.4, 0.5) is 5.69 Å². The van der Waals surface area contributed by atoms with E-state index >= 15 is 0 Å². The molecule has 0 spiro atoms. The van der Waals surface area contributed by atoms with Crippen LogP contribution in [0.1, 0.15) is 5.56 Å². The number of hydrogen-bond acceptors (Lipinski definition) is 4. The van der Waals surface area contributed by atoms with Gasteiger partial charge in [0.2, 0.25) is 10.0 Å². The molecule has 0 atom stereocenters. The van der Waals surface area contributed by atoms with Crippen LogP contribution in [0.15, 0.2) is 23.1 Å². The summed E-state index contributed by atoms with van der Waals surface area (Å²) in [5, 5.41) is 8.53. The van der Waals surface area contributed by atoms with Crippen molar-refractivity contribution in [3.05, 3.63) is 23.8 Å². The molecular weight excluding hydrogens is 216 g/mol. The minimum atomic E-state index is -3.56.